The fourth-order valence-corrected chi connectivity index (χ4v) is 5.81. The van der Waals surface area contributed by atoms with E-state index in [1.807, 2.05) is 19.9 Å². The van der Waals surface area contributed by atoms with Gasteiger partial charge in [0, 0.05) is 42.5 Å². The monoisotopic (exact) mass is 386 g/mol. The van der Waals surface area contributed by atoms with E-state index in [-0.39, 0.29) is 22.8 Å². The number of nitrogens with zero attached hydrogens (tertiary/aromatic N) is 4. The third-order valence-corrected chi connectivity index (χ3v) is 7.26. The minimum Gasteiger partial charge on any atom is -0.353 e. The summed E-state index contributed by atoms with van der Waals surface area (Å²) in [5.41, 5.74) is 1.42. The summed E-state index contributed by atoms with van der Waals surface area (Å²) in [5.74, 6) is 1.50. The van der Waals surface area contributed by atoms with Gasteiger partial charge in [-0.1, -0.05) is 12.1 Å². The number of anilines is 1. The van der Waals surface area contributed by atoms with Gasteiger partial charge >= 0.3 is 0 Å². The molecule has 5 rings (SSSR count). The van der Waals surface area contributed by atoms with Gasteiger partial charge in [0.25, 0.3) is 0 Å². The number of benzene rings is 1. The maximum Gasteiger partial charge on any atom is 0.243 e. The van der Waals surface area contributed by atoms with E-state index in [4.69, 9.17) is 0 Å². The third kappa shape index (κ3) is 3.12. The Morgan fingerprint density at radius 3 is 2.26 bits per heavy atom. The van der Waals surface area contributed by atoms with Crippen LogP contribution >= 0.6 is 0 Å². The average Bonchev–Trinajstić information content (AvgIpc) is 2.60. The Morgan fingerprint density at radius 1 is 1.07 bits per heavy atom. The van der Waals surface area contributed by atoms with Gasteiger partial charge in [-0.05, 0) is 39.3 Å². The second-order valence-corrected chi connectivity index (χ2v) is 9.12. The molecular weight excluding hydrogens is 364 g/mol. The van der Waals surface area contributed by atoms with Gasteiger partial charge in [-0.3, -0.25) is 4.79 Å². The van der Waals surface area contributed by atoms with Crippen LogP contribution in [-0.4, -0.2) is 53.6 Å². The molecule has 8 heteroatoms. The number of Topliss-reactive ketones (excluding diaryl/α,β-unsaturated/α-hetero) is 1. The quantitative estimate of drug-likeness (QED) is 0.747. The molecule has 3 saturated heterocycles. The van der Waals surface area contributed by atoms with E-state index in [2.05, 4.69) is 14.9 Å². The molecule has 0 radical (unpaired) electrons. The SMILES string of the molecule is CC(=O)c1ccc(S(=O)(=O)N2C3CC2CN(c2cc(C)nc(C)n2)C3)cc1. The van der Waals surface area contributed by atoms with Crippen molar-refractivity contribution in [2.24, 2.45) is 0 Å². The van der Waals surface area contributed by atoms with Crippen LogP contribution < -0.4 is 4.90 Å². The highest BCUT2D eigenvalue weighted by molar-refractivity contribution is 7.89. The molecular formula is C19H22N4O3S. The fraction of sp³-hybridized carbons (Fsp3) is 0.421. The zero-order valence-corrected chi connectivity index (χ0v) is 16.4. The first kappa shape index (κ1) is 18.1. The van der Waals surface area contributed by atoms with Crippen LogP contribution in [0.15, 0.2) is 35.2 Å². The number of rotatable bonds is 4. The van der Waals surface area contributed by atoms with Crippen LogP contribution in [0.1, 0.15) is 35.2 Å². The van der Waals surface area contributed by atoms with Crippen molar-refractivity contribution in [2.75, 3.05) is 18.0 Å². The van der Waals surface area contributed by atoms with E-state index in [0.717, 1.165) is 23.8 Å². The van der Waals surface area contributed by atoms with Gasteiger partial charge in [0.2, 0.25) is 10.0 Å². The molecule has 1 aromatic heterocycles. The van der Waals surface area contributed by atoms with Crippen LogP contribution in [0.3, 0.4) is 0 Å². The Hall–Kier alpha value is -2.32. The summed E-state index contributed by atoms with van der Waals surface area (Å²) >= 11 is 0. The van der Waals surface area contributed by atoms with Crippen LogP contribution in [0.2, 0.25) is 0 Å². The van der Waals surface area contributed by atoms with E-state index in [1.165, 1.54) is 19.1 Å². The molecule has 3 aliphatic rings. The Labute approximate surface area is 159 Å². The van der Waals surface area contributed by atoms with Crippen molar-refractivity contribution in [1.82, 2.24) is 14.3 Å². The molecule has 0 aliphatic carbocycles. The Balaban J connectivity index is 1.55. The maximum absolute atomic E-state index is 13.1. The maximum atomic E-state index is 13.1. The molecule has 3 fully saturated rings. The highest BCUT2D eigenvalue weighted by Crippen LogP contribution is 2.38. The van der Waals surface area contributed by atoms with Crippen molar-refractivity contribution < 1.29 is 13.2 Å². The number of hydrogen-bond acceptors (Lipinski definition) is 6. The molecule has 3 aliphatic heterocycles. The largest absolute Gasteiger partial charge is 0.353 e. The molecule has 0 N–H and O–H groups in total. The average molecular weight is 386 g/mol. The van der Waals surface area contributed by atoms with Gasteiger partial charge in [-0.2, -0.15) is 4.31 Å². The molecule has 2 atom stereocenters. The molecule has 27 heavy (non-hydrogen) atoms. The predicted octanol–water partition coefficient (Wildman–Crippen LogP) is 1.95. The van der Waals surface area contributed by atoms with E-state index in [9.17, 15) is 13.2 Å². The van der Waals surface area contributed by atoms with Crippen LogP contribution in [-0.2, 0) is 10.0 Å². The molecule has 2 aromatic rings. The molecule has 0 spiro atoms. The van der Waals surface area contributed by atoms with Crippen molar-refractivity contribution in [3.8, 4) is 0 Å². The summed E-state index contributed by atoms with van der Waals surface area (Å²) in [6.45, 7) is 6.51. The van der Waals surface area contributed by atoms with Crippen molar-refractivity contribution in [2.45, 2.75) is 44.2 Å². The number of aromatic nitrogens is 2. The summed E-state index contributed by atoms with van der Waals surface area (Å²) in [6.07, 6.45) is 0.865. The minimum atomic E-state index is -3.56. The lowest BCUT2D eigenvalue weighted by atomic mass is 9.91. The first-order chi connectivity index (χ1) is 12.8. The fourth-order valence-electron chi connectivity index (χ4n) is 4.00. The lowest BCUT2D eigenvalue weighted by Gasteiger charge is -2.55. The number of aryl methyl sites for hydroxylation is 2. The van der Waals surface area contributed by atoms with E-state index >= 15 is 0 Å². The molecule has 4 heterocycles. The van der Waals surface area contributed by atoms with Gasteiger partial charge in [0.15, 0.2) is 5.78 Å². The molecule has 0 amide bonds. The van der Waals surface area contributed by atoms with E-state index in [0.29, 0.717) is 18.7 Å². The molecule has 2 bridgehead atoms. The smallest absolute Gasteiger partial charge is 0.243 e. The van der Waals surface area contributed by atoms with Gasteiger partial charge in [-0.25, -0.2) is 18.4 Å². The first-order valence-corrected chi connectivity index (χ1v) is 10.4. The number of carbonyl (C=O) groups excluding carboxylic acids is 1. The summed E-state index contributed by atoms with van der Waals surface area (Å²) in [4.78, 5) is 22.6. The zero-order chi connectivity index (χ0) is 19.3. The second-order valence-electron chi connectivity index (χ2n) is 7.28. The predicted molar refractivity (Wildman–Crippen MR) is 101 cm³/mol. The lowest BCUT2D eigenvalue weighted by molar-refractivity contribution is 0.0874. The van der Waals surface area contributed by atoms with Gasteiger partial charge in [-0.15, -0.1) is 0 Å². The number of piperidine rings is 1. The Kier molecular flexibility index (Phi) is 4.27. The Bertz CT molecular complexity index is 972. The zero-order valence-electron chi connectivity index (χ0n) is 15.6. The standard InChI is InChI=1S/C19H22N4O3S/c1-12-8-19(21-14(3)20-12)22-10-16-9-17(11-22)23(16)27(25,26)18-6-4-15(5-7-18)13(2)24/h4-8,16-17H,9-11H2,1-3H3. The van der Waals surface area contributed by atoms with Gasteiger partial charge in [0.05, 0.1) is 4.90 Å². The van der Waals surface area contributed by atoms with Gasteiger partial charge < -0.3 is 4.90 Å². The summed E-state index contributed by atoms with van der Waals surface area (Å²) < 4.78 is 27.7. The van der Waals surface area contributed by atoms with E-state index < -0.39 is 10.0 Å². The number of hydrogen-bond donors (Lipinski definition) is 0. The first-order valence-electron chi connectivity index (χ1n) is 8.97. The number of fused-ring (bicyclic) bond motifs is 2. The summed E-state index contributed by atoms with van der Waals surface area (Å²) in [7, 11) is -3.56. The van der Waals surface area contributed by atoms with Crippen molar-refractivity contribution in [1.29, 1.82) is 0 Å². The third-order valence-electron chi connectivity index (χ3n) is 5.24. The summed E-state index contributed by atoms with van der Waals surface area (Å²) in [5, 5.41) is 0. The molecule has 7 nitrogen and oxygen atoms in total. The van der Waals surface area contributed by atoms with Crippen molar-refractivity contribution in [3.63, 3.8) is 0 Å². The summed E-state index contributed by atoms with van der Waals surface area (Å²) in [6, 6.07) is 8.02. The second kappa shape index (κ2) is 6.38. The number of sulfonamides is 1. The van der Waals surface area contributed by atoms with Crippen LogP contribution in [0, 0.1) is 13.8 Å². The molecule has 2 unspecified atom stereocenters. The normalized spacial score (nSPS) is 22.4. The van der Waals surface area contributed by atoms with Crippen molar-refractivity contribution >= 4 is 21.6 Å². The van der Waals surface area contributed by atoms with E-state index in [1.54, 1.807) is 16.4 Å². The van der Waals surface area contributed by atoms with Crippen molar-refractivity contribution in [3.05, 3.63) is 47.4 Å². The Morgan fingerprint density at radius 2 is 1.70 bits per heavy atom. The molecule has 1 aromatic carbocycles. The van der Waals surface area contributed by atoms with Crippen LogP contribution in [0.5, 0.6) is 0 Å². The lowest BCUT2D eigenvalue weighted by Crippen LogP contribution is -2.70. The topological polar surface area (TPSA) is 83.5 Å². The highest BCUT2D eigenvalue weighted by Gasteiger charge is 2.51. The number of ketones is 1. The minimum absolute atomic E-state index is 0.0585. The van der Waals surface area contributed by atoms with Gasteiger partial charge in [0.1, 0.15) is 11.6 Å². The highest BCUT2D eigenvalue weighted by atomic mass is 32.2. The number of piperazine rings is 1. The van der Waals surface area contributed by atoms with Crippen LogP contribution in [0.25, 0.3) is 0 Å². The van der Waals surface area contributed by atoms with Crippen LogP contribution in [0.4, 0.5) is 5.82 Å². The molecule has 0 saturated carbocycles. The molecule has 142 valence electrons. The number of carbonyl (C=O) groups is 1.